The largest absolute Gasteiger partial charge is 0.491 e. The molecule has 0 aliphatic carbocycles. The van der Waals surface area contributed by atoms with Crippen molar-refractivity contribution >= 4 is 22.6 Å². The van der Waals surface area contributed by atoms with Crippen LogP contribution in [-0.2, 0) is 13.6 Å². The molecule has 0 saturated heterocycles. The molecule has 1 N–H and O–H groups in total. The molecule has 114 valence electrons. The Labute approximate surface area is 134 Å². The molecule has 0 bridgehead atoms. The van der Waals surface area contributed by atoms with Crippen molar-refractivity contribution in [3.8, 4) is 5.75 Å². The van der Waals surface area contributed by atoms with E-state index in [0.717, 1.165) is 11.0 Å². The standard InChI is InChI=1S/C17H18ClN2O2/c1-19-12-20(17-8-3-2-7-16(17)19)10-14(21)11-22-15-6-4-5-13(18)9-15/h2-9,12,14,21H,10-11H2,1H3/q+1/t14-/m1/s1. The van der Waals surface area contributed by atoms with Gasteiger partial charge in [-0.05, 0) is 30.3 Å². The fourth-order valence-electron chi connectivity index (χ4n) is 2.51. The highest BCUT2D eigenvalue weighted by molar-refractivity contribution is 6.30. The highest BCUT2D eigenvalue weighted by atomic mass is 35.5. The van der Waals surface area contributed by atoms with Gasteiger partial charge < -0.3 is 9.84 Å². The van der Waals surface area contributed by atoms with Gasteiger partial charge in [-0.2, -0.15) is 0 Å². The maximum absolute atomic E-state index is 10.2. The van der Waals surface area contributed by atoms with Crippen LogP contribution in [0.5, 0.6) is 5.75 Å². The first-order valence-corrected chi connectivity index (χ1v) is 7.51. The van der Waals surface area contributed by atoms with E-state index in [1.54, 1.807) is 12.1 Å². The lowest BCUT2D eigenvalue weighted by Gasteiger charge is -2.11. The van der Waals surface area contributed by atoms with Crippen molar-refractivity contribution in [2.24, 2.45) is 7.05 Å². The van der Waals surface area contributed by atoms with Gasteiger partial charge in [-0.15, -0.1) is 0 Å². The number of aliphatic hydroxyl groups is 1. The van der Waals surface area contributed by atoms with Crippen molar-refractivity contribution in [1.82, 2.24) is 4.57 Å². The molecule has 0 aliphatic rings. The van der Waals surface area contributed by atoms with Gasteiger partial charge in [-0.25, -0.2) is 9.13 Å². The van der Waals surface area contributed by atoms with Crippen LogP contribution >= 0.6 is 11.6 Å². The second-order valence-electron chi connectivity index (χ2n) is 5.29. The van der Waals surface area contributed by atoms with Gasteiger partial charge in [0.2, 0.25) is 6.33 Å². The lowest BCUT2D eigenvalue weighted by molar-refractivity contribution is -0.645. The smallest absolute Gasteiger partial charge is 0.244 e. The molecule has 5 heteroatoms. The number of aromatic nitrogens is 2. The van der Waals surface area contributed by atoms with Crippen LogP contribution in [0.3, 0.4) is 0 Å². The number of para-hydroxylation sites is 2. The quantitative estimate of drug-likeness (QED) is 0.735. The highest BCUT2D eigenvalue weighted by Crippen LogP contribution is 2.17. The molecular weight excluding hydrogens is 300 g/mol. The van der Waals surface area contributed by atoms with Crippen LogP contribution in [0.4, 0.5) is 0 Å². The molecule has 0 amide bonds. The third-order valence-corrected chi connectivity index (χ3v) is 3.76. The zero-order valence-corrected chi connectivity index (χ0v) is 13.1. The SMILES string of the molecule is C[n+]1cn(C[C@@H](O)COc2cccc(Cl)c2)c2ccccc21. The Hall–Kier alpha value is -2.04. The summed E-state index contributed by atoms with van der Waals surface area (Å²) in [5.41, 5.74) is 2.22. The lowest BCUT2D eigenvalue weighted by atomic mass is 10.3. The van der Waals surface area contributed by atoms with Crippen molar-refractivity contribution in [3.63, 3.8) is 0 Å². The number of ether oxygens (including phenoxy) is 1. The van der Waals surface area contributed by atoms with Gasteiger partial charge in [0.05, 0.1) is 7.05 Å². The van der Waals surface area contributed by atoms with E-state index in [9.17, 15) is 5.11 Å². The number of imidazole rings is 1. The molecule has 0 fully saturated rings. The molecule has 1 heterocycles. The summed E-state index contributed by atoms with van der Waals surface area (Å²) >= 11 is 5.91. The molecule has 4 nitrogen and oxygen atoms in total. The van der Waals surface area contributed by atoms with Gasteiger partial charge in [-0.3, -0.25) is 0 Å². The number of aryl methyl sites for hydroxylation is 1. The molecule has 22 heavy (non-hydrogen) atoms. The maximum Gasteiger partial charge on any atom is 0.244 e. The molecule has 0 radical (unpaired) electrons. The number of benzene rings is 2. The van der Waals surface area contributed by atoms with E-state index in [2.05, 4.69) is 6.07 Å². The zero-order valence-electron chi connectivity index (χ0n) is 12.3. The van der Waals surface area contributed by atoms with E-state index in [0.29, 0.717) is 17.3 Å². The summed E-state index contributed by atoms with van der Waals surface area (Å²) in [5, 5.41) is 10.8. The summed E-state index contributed by atoms with van der Waals surface area (Å²) < 4.78 is 9.66. The van der Waals surface area contributed by atoms with Crippen LogP contribution in [0.25, 0.3) is 11.0 Å². The third kappa shape index (κ3) is 3.24. The summed E-state index contributed by atoms with van der Waals surface area (Å²) in [7, 11) is 1.99. The van der Waals surface area contributed by atoms with E-state index in [-0.39, 0.29) is 6.61 Å². The average molecular weight is 318 g/mol. The van der Waals surface area contributed by atoms with E-state index in [4.69, 9.17) is 16.3 Å². The van der Waals surface area contributed by atoms with Gasteiger partial charge in [0.15, 0.2) is 11.0 Å². The Balaban J connectivity index is 1.67. The second-order valence-corrected chi connectivity index (χ2v) is 5.73. The number of rotatable bonds is 5. The summed E-state index contributed by atoms with van der Waals surface area (Å²) in [5.74, 6) is 0.662. The fraction of sp³-hybridized carbons (Fsp3) is 0.235. The van der Waals surface area contributed by atoms with E-state index in [1.807, 2.05) is 52.8 Å². The number of nitrogens with zero attached hydrogens (tertiary/aromatic N) is 2. The van der Waals surface area contributed by atoms with Gasteiger partial charge in [-0.1, -0.05) is 29.8 Å². The average Bonchev–Trinajstić information content (AvgIpc) is 2.82. The van der Waals surface area contributed by atoms with Crippen LogP contribution in [-0.4, -0.2) is 22.4 Å². The van der Waals surface area contributed by atoms with Crippen LogP contribution in [0.15, 0.2) is 54.9 Å². The van der Waals surface area contributed by atoms with Crippen LogP contribution in [0.2, 0.25) is 5.02 Å². The molecule has 1 aromatic heterocycles. The molecular formula is C17H18ClN2O2+. The molecule has 3 aromatic rings. The van der Waals surface area contributed by atoms with Gasteiger partial charge in [0.1, 0.15) is 25.0 Å². The van der Waals surface area contributed by atoms with Crippen molar-refractivity contribution in [2.75, 3.05) is 6.61 Å². The zero-order chi connectivity index (χ0) is 15.5. The summed E-state index contributed by atoms with van der Waals surface area (Å²) in [6.07, 6.45) is 1.38. The minimum Gasteiger partial charge on any atom is -0.491 e. The van der Waals surface area contributed by atoms with E-state index < -0.39 is 6.10 Å². The fourth-order valence-corrected chi connectivity index (χ4v) is 2.69. The number of hydrogen-bond acceptors (Lipinski definition) is 2. The Morgan fingerprint density at radius 2 is 2.05 bits per heavy atom. The Bertz CT molecular complexity index is 785. The van der Waals surface area contributed by atoms with Crippen molar-refractivity contribution in [2.45, 2.75) is 12.6 Å². The first-order chi connectivity index (χ1) is 10.6. The third-order valence-electron chi connectivity index (χ3n) is 3.53. The van der Waals surface area contributed by atoms with Gasteiger partial charge in [0.25, 0.3) is 0 Å². The van der Waals surface area contributed by atoms with Gasteiger partial charge >= 0.3 is 0 Å². The van der Waals surface area contributed by atoms with Gasteiger partial charge in [0, 0.05) is 5.02 Å². The Morgan fingerprint density at radius 3 is 2.86 bits per heavy atom. The predicted octanol–water partition coefficient (Wildman–Crippen LogP) is 2.56. The monoisotopic (exact) mass is 317 g/mol. The van der Waals surface area contributed by atoms with Crippen molar-refractivity contribution in [1.29, 1.82) is 0 Å². The lowest BCUT2D eigenvalue weighted by Crippen LogP contribution is -2.27. The molecule has 0 aliphatic heterocycles. The minimum absolute atomic E-state index is 0.219. The minimum atomic E-state index is -0.602. The molecule has 0 saturated carbocycles. The highest BCUT2D eigenvalue weighted by Gasteiger charge is 2.16. The number of fused-ring (bicyclic) bond motifs is 1. The summed E-state index contributed by atoms with van der Waals surface area (Å²) in [4.78, 5) is 0. The van der Waals surface area contributed by atoms with Crippen LogP contribution < -0.4 is 9.30 Å². The molecule has 3 rings (SSSR count). The molecule has 1 atom stereocenters. The number of halogens is 1. The summed E-state index contributed by atoms with van der Waals surface area (Å²) in [6.45, 7) is 0.693. The Morgan fingerprint density at radius 1 is 1.23 bits per heavy atom. The van der Waals surface area contributed by atoms with Crippen molar-refractivity contribution in [3.05, 3.63) is 59.9 Å². The van der Waals surface area contributed by atoms with E-state index in [1.165, 1.54) is 0 Å². The topological polar surface area (TPSA) is 38.3 Å². The second kappa shape index (κ2) is 6.38. The van der Waals surface area contributed by atoms with E-state index >= 15 is 0 Å². The molecule has 0 spiro atoms. The molecule has 2 aromatic carbocycles. The predicted molar refractivity (Wildman–Crippen MR) is 86.1 cm³/mol. The first-order valence-electron chi connectivity index (χ1n) is 7.13. The van der Waals surface area contributed by atoms with Crippen LogP contribution in [0, 0.1) is 0 Å². The van der Waals surface area contributed by atoms with Crippen LogP contribution in [0.1, 0.15) is 0 Å². The normalized spacial score (nSPS) is 12.5. The maximum atomic E-state index is 10.2. The summed E-state index contributed by atoms with van der Waals surface area (Å²) in [6, 6.07) is 15.3. The number of aliphatic hydroxyl groups excluding tert-OH is 1. The Kier molecular flexibility index (Phi) is 4.32. The number of hydrogen-bond donors (Lipinski definition) is 1. The van der Waals surface area contributed by atoms with Crippen molar-refractivity contribution < 1.29 is 14.4 Å². The first kappa shape index (κ1) is 14.9. The molecule has 0 unspecified atom stereocenters.